The van der Waals surface area contributed by atoms with E-state index < -0.39 is 0 Å². The summed E-state index contributed by atoms with van der Waals surface area (Å²) in [6, 6.07) is 15.3. The Kier molecular flexibility index (Phi) is 4.64. The van der Waals surface area contributed by atoms with E-state index in [1.54, 1.807) is 12.1 Å². The summed E-state index contributed by atoms with van der Waals surface area (Å²) >= 11 is 12.6. The van der Waals surface area contributed by atoms with Crippen LogP contribution in [0.15, 0.2) is 48.5 Å². The molecule has 1 amide bonds. The van der Waals surface area contributed by atoms with Crippen molar-refractivity contribution in [3.05, 3.63) is 81.1 Å². The van der Waals surface area contributed by atoms with Crippen molar-refractivity contribution < 1.29 is 4.79 Å². The van der Waals surface area contributed by atoms with Crippen molar-refractivity contribution >= 4 is 29.1 Å². The number of hydrogen-bond acceptors (Lipinski definition) is 2. The second-order valence-electron chi connectivity index (χ2n) is 7.97. The molecule has 3 atom stereocenters. The van der Waals surface area contributed by atoms with E-state index in [-0.39, 0.29) is 11.9 Å². The number of fused-ring (bicyclic) bond motifs is 5. The third kappa shape index (κ3) is 3.15. The van der Waals surface area contributed by atoms with Gasteiger partial charge in [0.15, 0.2) is 5.69 Å². The Morgan fingerprint density at radius 2 is 1.90 bits per heavy atom. The average Bonchev–Trinajstić information content (AvgIpc) is 3.41. The van der Waals surface area contributed by atoms with E-state index >= 15 is 0 Å². The first-order valence-electron chi connectivity index (χ1n) is 9.97. The lowest BCUT2D eigenvalue weighted by atomic mass is 9.95. The molecule has 0 radical (unpaired) electrons. The summed E-state index contributed by atoms with van der Waals surface area (Å²) in [6.45, 7) is 1.99. The molecule has 1 aromatic heterocycles. The second kappa shape index (κ2) is 7.19. The van der Waals surface area contributed by atoms with E-state index in [0.717, 1.165) is 41.8 Å². The maximum Gasteiger partial charge on any atom is 0.272 e. The summed E-state index contributed by atoms with van der Waals surface area (Å²) in [4.78, 5) is 13.2. The van der Waals surface area contributed by atoms with Gasteiger partial charge in [0.05, 0.1) is 22.4 Å². The van der Waals surface area contributed by atoms with Crippen LogP contribution < -0.4 is 5.32 Å². The fourth-order valence-electron chi connectivity index (χ4n) is 4.82. The molecular weight excluding hydrogens is 405 g/mol. The lowest BCUT2D eigenvalue weighted by Gasteiger charge is -2.15. The molecule has 2 unspecified atom stereocenters. The molecule has 2 bridgehead atoms. The van der Waals surface area contributed by atoms with Crippen molar-refractivity contribution in [2.75, 3.05) is 0 Å². The predicted octanol–water partition coefficient (Wildman–Crippen LogP) is 6.03. The normalized spacial score (nSPS) is 20.5. The second-order valence-corrected chi connectivity index (χ2v) is 8.81. The van der Waals surface area contributed by atoms with Gasteiger partial charge in [0.1, 0.15) is 0 Å². The highest BCUT2D eigenvalue weighted by Gasteiger charge is 2.44. The Hall–Kier alpha value is -2.30. The van der Waals surface area contributed by atoms with Gasteiger partial charge in [-0.25, -0.2) is 4.68 Å². The van der Waals surface area contributed by atoms with Crippen LogP contribution in [0, 0.1) is 0 Å². The molecule has 148 valence electrons. The van der Waals surface area contributed by atoms with Crippen LogP contribution in [0.25, 0.3) is 5.69 Å². The van der Waals surface area contributed by atoms with E-state index in [0.29, 0.717) is 27.6 Å². The fourth-order valence-corrected chi connectivity index (χ4v) is 5.31. The molecule has 2 aromatic carbocycles. The molecule has 5 rings (SSSR count). The smallest absolute Gasteiger partial charge is 0.272 e. The highest BCUT2D eigenvalue weighted by molar-refractivity contribution is 6.35. The van der Waals surface area contributed by atoms with Gasteiger partial charge in [0.25, 0.3) is 5.91 Å². The molecule has 0 spiro atoms. The Morgan fingerprint density at radius 3 is 2.66 bits per heavy atom. The van der Waals surface area contributed by atoms with Crippen LogP contribution in [-0.4, -0.2) is 15.7 Å². The minimum atomic E-state index is -0.131. The number of benzene rings is 2. The molecule has 4 nitrogen and oxygen atoms in total. The zero-order valence-electron chi connectivity index (χ0n) is 16.0. The molecule has 0 aliphatic heterocycles. The Balaban J connectivity index is 1.54. The zero-order valence-corrected chi connectivity index (χ0v) is 17.5. The van der Waals surface area contributed by atoms with Crippen molar-refractivity contribution in [3.63, 3.8) is 0 Å². The molecule has 1 fully saturated rings. The molecular formula is C23H21Cl2N3O. The van der Waals surface area contributed by atoms with E-state index in [1.807, 2.05) is 48.0 Å². The highest BCUT2D eigenvalue weighted by Crippen LogP contribution is 2.54. The topological polar surface area (TPSA) is 46.9 Å². The summed E-state index contributed by atoms with van der Waals surface area (Å²) < 4.78 is 1.87. The van der Waals surface area contributed by atoms with E-state index in [9.17, 15) is 4.79 Å². The van der Waals surface area contributed by atoms with Gasteiger partial charge in [-0.1, -0.05) is 53.5 Å². The van der Waals surface area contributed by atoms with Gasteiger partial charge >= 0.3 is 0 Å². The van der Waals surface area contributed by atoms with Gasteiger partial charge < -0.3 is 5.32 Å². The molecule has 1 saturated carbocycles. The Bertz CT molecular complexity index is 1090. The van der Waals surface area contributed by atoms with Crippen molar-refractivity contribution in [3.8, 4) is 5.69 Å². The minimum Gasteiger partial charge on any atom is -0.344 e. The number of halogens is 2. The molecule has 3 aromatic rings. The first-order chi connectivity index (χ1) is 14.0. The first kappa shape index (κ1) is 18.7. The predicted molar refractivity (Wildman–Crippen MR) is 115 cm³/mol. The van der Waals surface area contributed by atoms with Crippen LogP contribution in [0.2, 0.25) is 10.0 Å². The maximum absolute atomic E-state index is 13.2. The van der Waals surface area contributed by atoms with E-state index in [4.69, 9.17) is 28.3 Å². The average molecular weight is 426 g/mol. The van der Waals surface area contributed by atoms with Gasteiger partial charge in [0.2, 0.25) is 0 Å². The van der Waals surface area contributed by atoms with Gasteiger partial charge in [-0.05, 0) is 55.9 Å². The number of nitrogens with one attached hydrogen (secondary N) is 1. The summed E-state index contributed by atoms with van der Waals surface area (Å²) in [5.74, 6) is 0.707. The molecule has 6 heteroatoms. The zero-order chi connectivity index (χ0) is 20.1. The Labute approximate surface area is 179 Å². The SMILES string of the molecule is C[C@@H](NC(=O)c1nn(-c2ccc(Cl)cc2Cl)c2c1C1CCC2C1)c1ccccc1. The maximum atomic E-state index is 13.2. The summed E-state index contributed by atoms with van der Waals surface area (Å²) in [5, 5.41) is 9.00. The quantitative estimate of drug-likeness (QED) is 0.553. The number of carbonyl (C=O) groups is 1. The number of aromatic nitrogens is 2. The lowest BCUT2D eigenvalue weighted by Crippen LogP contribution is -2.28. The summed E-state index contributed by atoms with van der Waals surface area (Å²) in [7, 11) is 0. The van der Waals surface area contributed by atoms with Crippen molar-refractivity contribution in [2.24, 2.45) is 0 Å². The van der Waals surface area contributed by atoms with Crippen molar-refractivity contribution in [1.82, 2.24) is 15.1 Å². The molecule has 1 heterocycles. The first-order valence-corrected chi connectivity index (χ1v) is 10.7. The molecule has 2 aliphatic rings. The lowest BCUT2D eigenvalue weighted by molar-refractivity contribution is 0.0933. The van der Waals surface area contributed by atoms with Crippen molar-refractivity contribution in [2.45, 2.75) is 44.1 Å². The number of carbonyl (C=O) groups excluding carboxylic acids is 1. The molecule has 1 N–H and O–H groups in total. The minimum absolute atomic E-state index is 0.0952. The molecule has 2 aliphatic carbocycles. The highest BCUT2D eigenvalue weighted by atomic mass is 35.5. The van der Waals surface area contributed by atoms with Crippen LogP contribution >= 0.6 is 23.2 Å². The van der Waals surface area contributed by atoms with Crippen LogP contribution in [-0.2, 0) is 0 Å². The van der Waals surface area contributed by atoms with Gasteiger partial charge in [-0.3, -0.25) is 4.79 Å². The number of rotatable bonds is 4. The van der Waals surface area contributed by atoms with Gasteiger partial charge in [0, 0.05) is 16.5 Å². The third-order valence-electron chi connectivity index (χ3n) is 6.19. The van der Waals surface area contributed by atoms with Crippen LogP contribution in [0.3, 0.4) is 0 Å². The number of amides is 1. The largest absolute Gasteiger partial charge is 0.344 e. The number of hydrogen-bond donors (Lipinski definition) is 1. The van der Waals surface area contributed by atoms with Crippen LogP contribution in [0.1, 0.15) is 71.4 Å². The summed E-state index contributed by atoms with van der Waals surface area (Å²) in [5.41, 5.74) is 4.61. The Morgan fingerprint density at radius 1 is 1.14 bits per heavy atom. The third-order valence-corrected chi connectivity index (χ3v) is 6.72. The summed E-state index contributed by atoms with van der Waals surface area (Å²) in [6.07, 6.45) is 3.34. The van der Waals surface area contributed by atoms with Crippen LogP contribution in [0.5, 0.6) is 0 Å². The van der Waals surface area contributed by atoms with E-state index in [2.05, 4.69) is 5.32 Å². The van der Waals surface area contributed by atoms with Gasteiger partial charge in [-0.15, -0.1) is 0 Å². The monoisotopic (exact) mass is 425 g/mol. The standard InChI is InChI=1S/C23H21Cl2N3O/c1-13(14-5-3-2-4-6-14)26-23(29)21-20-15-7-8-16(11-15)22(20)28(27-21)19-10-9-17(24)12-18(19)25/h2-6,9-10,12-13,15-16H,7-8,11H2,1H3,(H,26,29)/t13-,15?,16?/m1/s1. The molecule has 29 heavy (non-hydrogen) atoms. The van der Waals surface area contributed by atoms with Crippen molar-refractivity contribution in [1.29, 1.82) is 0 Å². The van der Waals surface area contributed by atoms with Crippen LogP contribution in [0.4, 0.5) is 0 Å². The number of nitrogens with zero attached hydrogens (tertiary/aromatic N) is 2. The fraction of sp³-hybridized carbons (Fsp3) is 0.304. The molecule has 0 saturated heterocycles. The van der Waals surface area contributed by atoms with E-state index in [1.165, 1.54) is 0 Å². The van der Waals surface area contributed by atoms with Gasteiger partial charge in [-0.2, -0.15) is 5.10 Å².